The number of rotatable bonds is 1. The van der Waals surface area contributed by atoms with E-state index in [4.69, 9.17) is 4.42 Å². The molecule has 4 heteroatoms. The van der Waals surface area contributed by atoms with Crippen LogP contribution in [0.5, 0.6) is 5.75 Å². The number of halogens is 1. The summed E-state index contributed by atoms with van der Waals surface area (Å²) in [6.45, 7) is 1.93. The molecule has 0 aliphatic carbocycles. The lowest BCUT2D eigenvalue weighted by Gasteiger charge is -2.06. The SMILES string of the molecule is Cc1ccc2occ(-c3ccc(O)cc3)c(=O)c2c1Br. The van der Waals surface area contributed by atoms with Gasteiger partial charge in [-0.15, -0.1) is 0 Å². The van der Waals surface area contributed by atoms with Gasteiger partial charge in [-0.1, -0.05) is 18.2 Å². The summed E-state index contributed by atoms with van der Waals surface area (Å²) in [7, 11) is 0. The van der Waals surface area contributed by atoms with Crippen molar-refractivity contribution in [3.8, 4) is 16.9 Å². The van der Waals surface area contributed by atoms with Crippen LogP contribution in [0.3, 0.4) is 0 Å². The highest BCUT2D eigenvalue weighted by Crippen LogP contribution is 2.28. The summed E-state index contributed by atoms with van der Waals surface area (Å²) in [4.78, 5) is 12.6. The predicted molar refractivity (Wildman–Crippen MR) is 82.0 cm³/mol. The fourth-order valence-electron chi connectivity index (χ4n) is 2.12. The summed E-state index contributed by atoms with van der Waals surface area (Å²) in [6.07, 6.45) is 1.46. The van der Waals surface area contributed by atoms with Crippen LogP contribution in [0.1, 0.15) is 5.56 Å². The van der Waals surface area contributed by atoms with Crippen LogP contribution >= 0.6 is 15.9 Å². The number of phenols is 1. The highest BCUT2D eigenvalue weighted by Gasteiger charge is 2.12. The average Bonchev–Trinajstić information content (AvgIpc) is 2.44. The molecule has 1 N–H and O–H groups in total. The normalized spacial score (nSPS) is 10.9. The van der Waals surface area contributed by atoms with E-state index in [-0.39, 0.29) is 11.2 Å². The molecule has 3 rings (SSSR count). The predicted octanol–water partition coefficient (Wildman–Crippen LogP) is 4.24. The van der Waals surface area contributed by atoms with Gasteiger partial charge in [-0.3, -0.25) is 4.79 Å². The molecule has 0 saturated heterocycles. The number of benzene rings is 2. The molecule has 0 saturated carbocycles. The first kappa shape index (κ1) is 12.9. The minimum Gasteiger partial charge on any atom is -0.508 e. The quantitative estimate of drug-likeness (QED) is 0.726. The zero-order valence-corrected chi connectivity index (χ0v) is 12.3. The third-order valence-corrected chi connectivity index (χ3v) is 4.27. The number of fused-ring (bicyclic) bond motifs is 1. The van der Waals surface area contributed by atoms with Crippen molar-refractivity contribution in [2.24, 2.45) is 0 Å². The Bertz CT molecular complexity index is 848. The fraction of sp³-hybridized carbons (Fsp3) is 0.0625. The van der Waals surface area contributed by atoms with Crippen LogP contribution in [0, 0.1) is 6.92 Å². The van der Waals surface area contributed by atoms with E-state index in [0.29, 0.717) is 22.1 Å². The standard InChI is InChI=1S/C16H11BrO3/c1-9-2-7-13-14(15(9)17)16(19)12(8-20-13)10-3-5-11(18)6-4-10/h2-8,18H,1H3. The van der Waals surface area contributed by atoms with Crippen molar-refractivity contribution >= 4 is 26.9 Å². The second kappa shape index (κ2) is 4.80. The van der Waals surface area contributed by atoms with Crippen LogP contribution in [0.15, 0.2) is 56.3 Å². The first-order valence-corrected chi connectivity index (χ1v) is 6.87. The minimum absolute atomic E-state index is 0.0903. The van der Waals surface area contributed by atoms with E-state index in [1.54, 1.807) is 30.3 Å². The average molecular weight is 331 g/mol. The lowest BCUT2D eigenvalue weighted by molar-refractivity contribution is 0.475. The summed E-state index contributed by atoms with van der Waals surface area (Å²) in [5.41, 5.74) is 2.63. The Balaban J connectivity index is 2.34. The summed E-state index contributed by atoms with van der Waals surface area (Å²) >= 11 is 3.45. The Hall–Kier alpha value is -2.07. The Kier molecular flexibility index (Phi) is 3.10. The summed E-state index contributed by atoms with van der Waals surface area (Å²) in [5.74, 6) is 0.163. The summed E-state index contributed by atoms with van der Waals surface area (Å²) < 4.78 is 6.31. The maximum atomic E-state index is 12.6. The Morgan fingerprint density at radius 2 is 1.80 bits per heavy atom. The van der Waals surface area contributed by atoms with Crippen LogP contribution in [0.2, 0.25) is 0 Å². The fourth-order valence-corrected chi connectivity index (χ4v) is 2.63. The molecule has 0 amide bonds. The Morgan fingerprint density at radius 3 is 2.50 bits per heavy atom. The molecule has 3 aromatic rings. The van der Waals surface area contributed by atoms with Crippen molar-refractivity contribution < 1.29 is 9.52 Å². The van der Waals surface area contributed by atoms with E-state index < -0.39 is 0 Å². The van der Waals surface area contributed by atoms with Crippen molar-refractivity contribution in [2.75, 3.05) is 0 Å². The number of phenolic OH excluding ortho intramolecular Hbond substituents is 1. The second-order valence-corrected chi connectivity index (χ2v) is 5.39. The van der Waals surface area contributed by atoms with Crippen molar-refractivity contribution in [3.63, 3.8) is 0 Å². The van der Waals surface area contributed by atoms with Crippen molar-refractivity contribution in [2.45, 2.75) is 6.92 Å². The minimum atomic E-state index is -0.0903. The van der Waals surface area contributed by atoms with Gasteiger partial charge in [-0.25, -0.2) is 0 Å². The molecule has 3 nitrogen and oxygen atoms in total. The zero-order valence-electron chi connectivity index (χ0n) is 10.7. The van der Waals surface area contributed by atoms with Gasteiger partial charge in [0.05, 0.1) is 10.9 Å². The van der Waals surface area contributed by atoms with E-state index in [0.717, 1.165) is 10.0 Å². The van der Waals surface area contributed by atoms with Gasteiger partial charge in [0.25, 0.3) is 0 Å². The topological polar surface area (TPSA) is 50.4 Å². The smallest absolute Gasteiger partial charge is 0.201 e. The van der Waals surface area contributed by atoms with Gasteiger partial charge >= 0.3 is 0 Å². The molecule has 20 heavy (non-hydrogen) atoms. The monoisotopic (exact) mass is 330 g/mol. The van der Waals surface area contributed by atoms with Gasteiger partial charge in [0.15, 0.2) is 0 Å². The first-order valence-electron chi connectivity index (χ1n) is 6.08. The highest BCUT2D eigenvalue weighted by atomic mass is 79.9. The molecule has 2 aromatic carbocycles. The second-order valence-electron chi connectivity index (χ2n) is 4.59. The van der Waals surface area contributed by atoms with Crippen LogP contribution in [-0.4, -0.2) is 5.11 Å². The lowest BCUT2D eigenvalue weighted by Crippen LogP contribution is -2.05. The van der Waals surface area contributed by atoms with E-state index in [1.807, 2.05) is 13.0 Å². The van der Waals surface area contributed by atoms with Gasteiger partial charge < -0.3 is 9.52 Å². The van der Waals surface area contributed by atoms with E-state index in [1.165, 1.54) is 6.26 Å². The van der Waals surface area contributed by atoms with Crippen LogP contribution in [0.25, 0.3) is 22.1 Å². The molecule has 0 aliphatic heterocycles. The zero-order chi connectivity index (χ0) is 14.3. The molecule has 0 spiro atoms. The number of aryl methyl sites for hydroxylation is 1. The Morgan fingerprint density at radius 1 is 1.10 bits per heavy atom. The third kappa shape index (κ3) is 2.02. The number of hydrogen-bond donors (Lipinski definition) is 1. The molecular weight excluding hydrogens is 320 g/mol. The molecule has 0 radical (unpaired) electrons. The van der Waals surface area contributed by atoms with Crippen molar-refractivity contribution in [3.05, 3.63) is 62.9 Å². The number of hydrogen-bond acceptors (Lipinski definition) is 3. The van der Waals surface area contributed by atoms with E-state index >= 15 is 0 Å². The number of aromatic hydroxyl groups is 1. The molecule has 0 bridgehead atoms. The van der Waals surface area contributed by atoms with E-state index in [2.05, 4.69) is 15.9 Å². The van der Waals surface area contributed by atoms with Crippen LogP contribution < -0.4 is 5.43 Å². The van der Waals surface area contributed by atoms with Gasteiger partial charge in [0, 0.05) is 4.47 Å². The van der Waals surface area contributed by atoms with Gasteiger partial charge in [0.2, 0.25) is 5.43 Å². The lowest BCUT2D eigenvalue weighted by atomic mass is 10.0. The van der Waals surface area contributed by atoms with Crippen LogP contribution in [0.4, 0.5) is 0 Å². The van der Waals surface area contributed by atoms with Gasteiger partial charge in [-0.2, -0.15) is 0 Å². The molecule has 1 aromatic heterocycles. The van der Waals surface area contributed by atoms with Crippen molar-refractivity contribution in [1.82, 2.24) is 0 Å². The van der Waals surface area contributed by atoms with E-state index in [9.17, 15) is 9.90 Å². The molecule has 0 atom stereocenters. The molecule has 0 fully saturated rings. The van der Waals surface area contributed by atoms with Gasteiger partial charge in [-0.05, 0) is 52.2 Å². The molecule has 0 unspecified atom stereocenters. The van der Waals surface area contributed by atoms with Crippen molar-refractivity contribution in [1.29, 1.82) is 0 Å². The molecular formula is C16H11BrO3. The maximum Gasteiger partial charge on any atom is 0.201 e. The first-order chi connectivity index (χ1) is 9.58. The third-order valence-electron chi connectivity index (χ3n) is 3.25. The Labute approximate surface area is 123 Å². The highest BCUT2D eigenvalue weighted by molar-refractivity contribution is 9.10. The van der Waals surface area contributed by atoms with Gasteiger partial charge in [0.1, 0.15) is 17.6 Å². The largest absolute Gasteiger partial charge is 0.508 e. The molecule has 1 heterocycles. The molecule has 100 valence electrons. The summed E-state index contributed by atoms with van der Waals surface area (Å²) in [6, 6.07) is 10.2. The molecule has 0 aliphatic rings. The maximum absolute atomic E-state index is 12.6. The van der Waals surface area contributed by atoms with Crippen LogP contribution in [-0.2, 0) is 0 Å². The summed E-state index contributed by atoms with van der Waals surface area (Å²) in [5, 5.41) is 9.85.